The fourth-order valence-corrected chi connectivity index (χ4v) is 3.51. The van der Waals surface area contributed by atoms with E-state index in [1.165, 1.54) is 26.9 Å². The van der Waals surface area contributed by atoms with Gasteiger partial charge in [0.15, 0.2) is 17.2 Å². The Morgan fingerprint density at radius 3 is 2.39 bits per heavy atom. The second kappa shape index (κ2) is 8.65. The number of hydrogen-bond donors (Lipinski definition) is 1. The fraction of sp³-hybridized carbons (Fsp3) is 0.318. The first-order valence-electron chi connectivity index (χ1n) is 9.76. The van der Waals surface area contributed by atoms with Gasteiger partial charge in [-0.25, -0.2) is 4.68 Å². The summed E-state index contributed by atoms with van der Waals surface area (Å²) in [5, 5.41) is 11.1. The summed E-state index contributed by atoms with van der Waals surface area (Å²) in [6, 6.07) is 11.5. The van der Waals surface area contributed by atoms with Crippen LogP contribution in [0.1, 0.15) is 33.4 Å². The third-order valence-electron chi connectivity index (χ3n) is 5.18. The number of aromatic nitrogens is 3. The Bertz CT molecular complexity index is 1070. The number of fused-ring (bicyclic) bond motifs is 1. The van der Waals surface area contributed by atoms with Gasteiger partial charge in [-0.2, -0.15) is 0 Å². The van der Waals surface area contributed by atoms with Crippen molar-refractivity contribution in [1.29, 1.82) is 0 Å². The third-order valence-corrected chi connectivity index (χ3v) is 5.18. The molecule has 0 saturated heterocycles. The largest absolute Gasteiger partial charge is 0.493 e. The van der Waals surface area contributed by atoms with Gasteiger partial charge in [0, 0.05) is 17.8 Å². The third kappa shape index (κ3) is 4.04. The number of hydrogen-bond acceptors (Lipinski definition) is 7. The van der Waals surface area contributed by atoms with Crippen molar-refractivity contribution in [3.63, 3.8) is 0 Å². The summed E-state index contributed by atoms with van der Waals surface area (Å²) in [4.78, 5) is 12.9. The van der Waals surface area contributed by atoms with Crippen molar-refractivity contribution < 1.29 is 23.7 Å². The molecule has 1 N–H and O–H groups in total. The van der Waals surface area contributed by atoms with E-state index in [-0.39, 0.29) is 18.4 Å². The molecule has 1 unspecified atom stereocenters. The number of anilines is 1. The van der Waals surface area contributed by atoms with Gasteiger partial charge in [-0.1, -0.05) is 35.0 Å². The monoisotopic (exact) mass is 424 g/mol. The van der Waals surface area contributed by atoms with Gasteiger partial charge < -0.3 is 24.3 Å². The minimum atomic E-state index is -0.395. The molecule has 0 saturated carbocycles. The van der Waals surface area contributed by atoms with Crippen molar-refractivity contribution in [2.45, 2.75) is 26.2 Å². The van der Waals surface area contributed by atoms with Crippen LogP contribution < -0.4 is 19.5 Å². The minimum Gasteiger partial charge on any atom is -0.493 e. The Morgan fingerprint density at radius 2 is 1.77 bits per heavy atom. The van der Waals surface area contributed by atoms with E-state index in [1.807, 2.05) is 31.2 Å². The standard InChI is InChI=1S/C22H24N4O5/c1-13-5-7-14(8-6-13)19-11-26-16(12-31-19)20(24-25-26)22(27)23-15-9-17(28-2)21(30-4)18(10-15)29-3/h5-10,19H,11-12H2,1-4H3,(H,23,27). The zero-order valence-corrected chi connectivity index (χ0v) is 17.8. The van der Waals surface area contributed by atoms with Gasteiger partial charge in [0.1, 0.15) is 6.10 Å². The summed E-state index contributed by atoms with van der Waals surface area (Å²) < 4.78 is 23.7. The van der Waals surface area contributed by atoms with Crippen molar-refractivity contribution in [2.75, 3.05) is 26.6 Å². The Balaban J connectivity index is 1.53. The Morgan fingerprint density at radius 1 is 1.10 bits per heavy atom. The van der Waals surface area contributed by atoms with Gasteiger partial charge in [-0.3, -0.25) is 4.79 Å². The molecule has 2 heterocycles. The number of carbonyl (C=O) groups is 1. The predicted octanol–water partition coefficient (Wildman–Crippen LogP) is 3.14. The first kappa shape index (κ1) is 20.7. The van der Waals surface area contributed by atoms with Crippen molar-refractivity contribution in [1.82, 2.24) is 15.0 Å². The van der Waals surface area contributed by atoms with Crippen LogP contribution in [0.4, 0.5) is 5.69 Å². The molecule has 0 spiro atoms. The molecule has 1 amide bonds. The van der Waals surface area contributed by atoms with E-state index in [1.54, 1.807) is 16.8 Å². The van der Waals surface area contributed by atoms with Gasteiger partial charge >= 0.3 is 0 Å². The molecule has 9 heteroatoms. The quantitative estimate of drug-likeness (QED) is 0.649. The maximum absolute atomic E-state index is 12.9. The number of nitrogens with zero attached hydrogens (tertiary/aromatic N) is 3. The maximum Gasteiger partial charge on any atom is 0.278 e. The number of ether oxygens (including phenoxy) is 4. The lowest BCUT2D eigenvalue weighted by Crippen LogP contribution is -2.24. The van der Waals surface area contributed by atoms with Gasteiger partial charge in [0.25, 0.3) is 5.91 Å². The lowest BCUT2D eigenvalue weighted by Gasteiger charge is -2.24. The van der Waals surface area contributed by atoms with Crippen molar-refractivity contribution in [2.24, 2.45) is 0 Å². The fourth-order valence-electron chi connectivity index (χ4n) is 3.51. The Kier molecular flexibility index (Phi) is 5.77. The molecule has 31 heavy (non-hydrogen) atoms. The lowest BCUT2D eigenvalue weighted by atomic mass is 10.1. The molecule has 3 aromatic rings. The number of carbonyl (C=O) groups excluding carboxylic acids is 1. The number of methoxy groups -OCH3 is 3. The number of rotatable bonds is 6. The first-order chi connectivity index (χ1) is 15.0. The molecule has 4 rings (SSSR count). The number of nitrogens with one attached hydrogen (secondary N) is 1. The molecular formula is C22H24N4O5. The summed E-state index contributed by atoms with van der Waals surface area (Å²) in [5.74, 6) is 0.922. The topological polar surface area (TPSA) is 96.7 Å². The second-order valence-electron chi connectivity index (χ2n) is 7.15. The molecule has 0 fully saturated rings. The minimum absolute atomic E-state index is 0.138. The zero-order chi connectivity index (χ0) is 22.0. The first-order valence-corrected chi connectivity index (χ1v) is 9.76. The lowest BCUT2D eigenvalue weighted by molar-refractivity contribution is -0.00171. The van der Waals surface area contributed by atoms with Gasteiger partial charge in [0.2, 0.25) is 5.75 Å². The SMILES string of the molecule is COc1cc(NC(=O)c2nnn3c2COC(c2ccc(C)cc2)C3)cc(OC)c1OC. The molecule has 1 aliphatic rings. The predicted molar refractivity (Wildman–Crippen MR) is 113 cm³/mol. The van der Waals surface area contributed by atoms with E-state index < -0.39 is 5.91 Å². The smallest absolute Gasteiger partial charge is 0.278 e. The average Bonchev–Trinajstić information content (AvgIpc) is 3.22. The van der Waals surface area contributed by atoms with E-state index in [9.17, 15) is 4.79 Å². The Hall–Kier alpha value is -3.59. The van der Waals surface area contributed by atoms with Gasteiger partial charge in [-0.05, 0) is 12.5 Å². The summed E-state index contributed by atoms with van der Waals surface area (Å²) in [5.41, 5.74) is 3.59. The van der Waals surface area contributed by atoms with Gasteiger partial charge in [0.05, 0.1) is 40.2 Å². The Labute approximate surface area is 179 Å². The highest BCUT2D eigenvalue weighted by Gasteiger charge is 2.28. The van der Waals surface area contributed by atoms with Crippen LogP contribution in [0.25, 0.3) is 0 Å². The van der Waals surface area contributed by atoms with E-state index in [2.05, 4.69) is 15.6 Å². The molecule has 1 atom stereocenters. The molecule has 162 valence electrons. The van der Waals surface area contributed by atoms with Crippen molar-refractivity contribution in [3.05, 3.63) is 58.9 Å². The van der Waals surface area contributed by atoms with Gasteiger partial charge in [-0.15, -0.1) is 5.10 Å². The molecule has 0 bridgehead atoms. The van der Waals surface area contributed by atoms with Crippen LogP contribution in [0.15, 0.2) is 36.4 Å². The molecule has 0 radical (unpaired) electrons. The molecule has 1 aliphatic heterocycles. The highest BCUT2D eigenvalue weighted by atomic mass is 16.5. The number of aryl methyl sites for hydroxylation is 1. The molecular weight excluding hydrogens is 400 g/mol. The van der Waals surface area contributed by atoms with Crippen LogP contribution in [-0.4, -0.2) is 42.2 Å². The summed E-state index contributed by atoms with van der Waals surface area (Å²) in [6.07, 6.45) is -0.138. The highest BCUT2D eigenvalue weighted by Crippen LogP contribution is 2.40. The number of amides is 1. The summed E-state index contributed by atoms with van der Waals surface area (Å²) >= 11 is 0. The van der Waals surface area contributed by atoms with Crippen LogP contribution >= 0.6 is 0 Å². The second-order valence-corrected chi connectivity index (χ2v) is 7.15. The van der Waals surface area contributed by atoms with E-state index >= 15 is 0 Å². The number of benzene rings is 2. The zero-order valence-electron chi connectivity index (χ0n) is 17.8. The van der Waals surface area contributed by atoms with Crippen LogP contribution in [-0.2, 0) is 17.9 Å². The van der Waals surface area contributed by atoms with Crippen LogP contribution in [0.3, 0.4) is 0 Å². The van der Waals surface area contributed by atoms with Crippen LogP contribution in [0, 0.1) is 6.92 Å². The maximum atomic E-state index is 12.9. The van der Waals surface area contributed by atoms with E-state index in [4.69, 9.17) is 18.9 Å². The van der Waals surface area contributed by atoms with Crippen LogP contribution in [0.2, 0.25) is 0 Å². The van der Waals surface area contributed by atoms with E-state index in [0.717, 1.165) is 5.56 Å². The normalized spacial score (nSPS) is 15.2. The summed E-state index contributed by atoms with van der Waals surface area (Å²) in [7, 11) is 4.55. The van der Waals surface area contributed by atoms with E-state index in [0.29, 0.717) is 35.2 Å². The van der Waals surface area contributed by atoms with Crippen molar-refractivity contribution in [3.8, 4) is 17.2 Å². The van der Waals surface area contributed by atoms with Crippen LogP contribution in [0.5, 0.6) is 17.2 Å². The average molecular weight is 424 g/mol. The van der Waals surface area contributed by atoms with Crippen molar-refractivity contribution >= 4 is 11.6 Å². The molecule has 2 aromatic carbocycles. The molecule has 0 aliphatic carbocycles. The molecule has 9 nitrogen and oxygen atoms in total. The highest BCUT2D eigenvalue weighted by molar-refractivity contribution is 6.03. The molecule has 1 aromatic heterocycles. The summed E-state index contributed by atoms with van der Waals surface area (Å²) in [6.45, 7) is 2.77.